The third-order valence-electron chi connectivity index (χ3n) is 3.71. The Morgan fingerprint density at radius 2 is 1.88 bits per heavy atom. The van der Waals surface area contributed by atoms with Crippen molar-refractivity contribution >= 4 is 16.5 Å². The number of benzene rings is 1. The number of ether oxygens (including phenoxy) is 1. The minimum atomic E-state index is -4.47. The number of hydrogen-bond acceptors (Lipinski definition) is 6. The standard InChI is InChI=1S/C15H17F3N4OS/c16-15(17,18)13-20-21-14(24-13)19-12(11-4-2-1-3-5-11)10-22-6-8-23-9-7-22/h1-5,12H,6-10H2,(H,19,21). The Kier molecular flexibility index (Phi) is 5.32. The number of morpholine rings is 1. The number of nitrogens with zero attached hydrogens (tertiary/aromatic N) is 3. The summed E-state index contributed by atoms with van der Waals surface area (Å²) in [5.41, 5.74) is 0.993. The van der Waals surface area contributed by atoms with Crippen molar-refractivity contribution in [1.82, 2.24) is 15.1 Å². The summed E-state index contributed by atoms with van der Waals surface area (Å²) in [5.74, 6) is 0. The predicted octanol–water partition coefficient (Wildman–Crippen LogP) is 3.04. The summed E-state index contributed by atoms with van der Waals surface area (Å²) in [5, 5.41) is 9.19. The summed E-state index contributed by atoms with van der Waals surface area (Å²) >= 11 is 0.523. The molecule has 1 fully saturated rings. The minimum Gasteiger partial charge on any atom is -0.379 e. The van der Waals surface area contributed by atoms with Gasteiger partial charge in [-0.15, -0.1) is 10.2 Å². The maximum Gasteiger partial charge on any atom is 0.445 e. The highest BCUT2D eigenvalue weighted by atomic mass is 32.1. The lowest BCUT2D eigenvalue weighted by molar-refractivity contribution is -0.138. The summed E-state index contributed by atoms with van der Waals surface area (Å²) in [4.78, 5) is 2.22. The topological polar surface area (TPSA) is 50.3 Å². The van der Waals surface area contributed by atoms with Crippen molar-refractivity contribution < 1.29 is 17.9 Å². The summed E-state index contributed by atoms with van der Waals surface area (Å²) in [6.45, 7) is 3.59. The van der Waals surface area contributed by atoms with E-state index in [4.69, 9.17) is 4.74 Å². The van der Waals surface area contributed by atoms with Gasteiger partial charge in [-0.05, 0) is 5.56 Å². The van der Waals surface area contributed by atoms with Gasteiger partial charge in [0.1, 0.15) is 0 Å². The molecule has 0 spiro atoms. The van der Waals surface area contributed by atoms with Gasteiger partial charge in [-0.1, -0.05) is 41.7 Å². The van der Waals surface area contributed by atoms with Gasteiger partial charge < -0.3 is 10.1 Å². The Bertz CT molecular complexity index is 644. The molecular formula is C15H17F3N4OS. The lowest BCUT2D eigenvalue weighted by Crippen LogP contribution is -2.40. The van der Waals surface area contributed by atoms with E-state index in [1.165, 1.54) is 0 Å². The molecular weight excluding hydrogens is 341 g/mol. The first-order valence-electron chi connectivity index (χ1n) is 7.54. The number of alkyl halides is 3. The van der Waals surface area contributed by atoms with Crippen LogP contribution in [0.1, 0.15) is 16.6 Å². The van der Waals surface area contributed by atoms with Crippen molar-refractivity contribution in [2.75, 3.05) is 38.2 Å². The molecule has 2 aromatic rings. The van der Waals surface area contributed by atoms with Gasteiger partial charge in [0.05, 0.1) is 19.3 Å². The largest absolute Gasteiger partial charge is 0.445 e. The molecule has 1 aliphatic heterocycles. The molecule has 1 saturated heterocycles. The van der Waals surface area contributed by atoms with Gasteiger partial charge in [0.2, 0.25) is 10.1 Å². The molecule has 3 rings (SSSR count). The molecule has 5 nitrogen and oxygen atoms in total. The summed E-state index contributed by atoms with van der Waals surface area (Å²) in [6, 6.07) is 9.45. The van der Waals surface area contributed by atoms with Crippen LogP contribution in [0.2, 0.25) is 0 Å². The number of aromatic nitrogens is 2. The summed E-state index contributed by atoms with van der Waals surface area (Å²) in [6.07, 6.45) is -4.47. The zero-order valence-corrected chi connectivity index (χ0v) is 13.6. The van der Waals surface area contributed by atoms with Crippen LogP contribution in [0, 0.1) is 0 Å². The molecule has 0 saturated carbocycles. The quantitative estimate of drug-likeness (QED) is 0.890. The molecule has 1 atom stereocenters. The van der Waals surface area contributed by atoms with E-state index in [1.54, 1.807) is 0 Å². The lowest BCUT2D eigenvalue weighted by atomic mass is 10.1. The van der Waals surface area contributed by atoms with Gasteiger partial charge in [0.15, 0.2) is 0 Å². The highest BCUT2D eigenvalue weighted by Crippen LogP contribution is 2.34. The first kappa shape index (κ1) is 17.1. The van der Waals surface area contributed by atoms with Gasteiger partial charge in [-0.2, -0.15) is 13.2 Å². The van der Waals surface area contributed by atoms with E-state index in [9.17, 15) is 13.2 Å². The Morgan fingerprint density at radius 1 is 1.17 bits per heavy atom. The fraction of sp³-hybridized carbons (Fsp3) is 0.467. The van der Waals surface area contributed by atoms with Crippen LogP contribution in [0.3, 0.4) is 0 Å². The average molecular weight is 358 g/mol. The zero-order chi connectivity index (χ0) is 17.0. The third kappa shape index (κ3) is 4.43. The van der Waals surface area contributed by atoms with Gasteiger partial charge >= 0.3 is 6.18 Å². The maximum absolute atomic E-state index is 12.7. The third-order valence-corrected chi connectivity index (χ3v) is 4.61. The molecule has 0 amide bonds. The van der Waals surface area contributed by atoms with E-state index >= 15 is 0 Å². The normalized spacial score (nSPS) is 17.6. The van der Waals surface area contributed by atoms with E-state index in [-0.39, 0.29) is 11.2 Å². The van der Waals surface area contributed by atoms with E-state index in [0.29, 0.717) is 31.1 Å². The van der Waals surface area contributed by atoms with Crippen LogP contribution >= 0.6 is 11.3 Å². The Balaban J connectivity index is 1.75. The van der Waals surface area contributed by atoms with Crippen LogP contribution in [0.5, 0.6) is 0 Å². The van der Waals surface area contributed by atoms with Crippen LogP contribution in [-0.4, -0.2) is 47.9 Å². The molecule has 0 bridgehead atoms. The Hall–Kier alpha value is -1.71. The maximum atomic E-state index is 12.7. The molecule has 9 heteroatoms. The van der Waals surface area contributed by atoms with Gasteiger partial charge in [0.25, 0.3) is 0 Å². The first-order chi connectivity index (χ1) is 11.5. The molecule has 2 heterocycles. The smallest absolute Gasteiger partial charge is 0.379 e. The van der Waals surface area contributed by atoms with Crippen LogP contribution < -0.4 is 5.32 Å². The van der Waals surface area contributed by atoms with Crippen molar-refractivity contribution in [1.29, 1.82) is 0 Å². The number of hydrogen-bond donors (Lipinski definition) is 1. The Morgan fingerprint density at radius 3 is 2.50 bits per heavy atom. The minimum absolute atomic E-state index is 0.168. The number of rotatable bonds is 5. The van der Waals surface area contributed by atoms with E-state index in [1.807, 2.05) is 30.3 Å². The van der Waals surface area contributed by atoms with Gasteiger partial charge in [-0.25, -0.2) is 0 Å². The molecule has 130 valence electrons. The fourth-order valence-corrected chi connectivity index (χ4v) is 3.17. The molecule has 0 radical (unpaired) electrons. The van der Waals surface area contributed by atoms with E-state index in [0.717, 1.165) is 18.7 Å². The monoisotopic (exact) mass is 358 g/mol. The van der Waals surface area contributed by atoms with Crippen LogP contribution in [0.15, 0.2) is 30.3 Å². The molecule has 1 unspecified atom stereocenters. The fourth-order valence-electron chi connectivity index (χ4n) is 2.51. The highest BCUT2D eigenvalue weighted by Gasteiger charge is 2.36. The number of anilines is 1. The van der Waals surface area contributed by atoms with Crippen molar-refractivity contribution in [2.24, 2.45) is 0 Å². The average Bonchev–Trinajstić information content (AvgIpc) is 3.05. The second-order valence-corrected chi connectivity index (χ2v) is 6.41. The molecule has 24 heavy (non-hydrogen) atoms. The van der Waals surface area contributed by atoms with Crippen molar-refractivity contribution in [2.45, 2.75) is 12.2 Å². The first-order valence-corrected chi connectivity index (χ1v) is 8.36. The van der Waals surface area contributed by atoms with E-state index < -0.39 is 11.2 Å². The predicted molar refractivity (Wildman–Crippen MR) is 85.0 cm³/mol. The number of halogens is 3. The molecule has 0 aliphatic carbocycles. The Labute approximate surface area is 141 Å². The van der Waals surface area contributed by atoms with Crippen LogP contribution in [-0.2, 0) is 10.9 Å². The van der Waals surface area contributed by atoms with Gasteiger partial charge in [-0.3, -0.25) is 4.90 Å². The zero-order valence-electron chi connectivity index (χ0n) is 12.8. The van der Waals surface area contributed by atoms with Gasteiger partial charge in [0, 0.05) is 19.6 Å². The molecule has 1 aliphatic rings. The van der Waals surface area contributed by atoms with Crippen LogP contribution in [0.4, 0.5) is 18.3 Å². The molecule has 1 N–H and O–H groups in total. The number of nitrogens with one attached hydrogen (secondary N) is 1. The van der Waals surface area contributed by atoms with Crippen LogP contribution in [0.25, 0.3) is 0 Å². The second kappa shape index (κ2) is 7.45. The molecule has 1 aromatic heterocycles. The lowest BCUT2D eigenvalue weighted by Gasteiger charge is -2.31. The molecule has 1 aromatic carbocycles. The van der Waals surface area contributed by atoms with E-state index in [2.05, 4.69) is 20.4 Å². The van der Waals surface area contributed by atoms with Crippen molar-refractivity contribution in [3.63, 3.8) is 0 Å². The highest BCUT2D eigenvalue weighted by molar-refractivity contribution is 7.15. The van der Waals surface area contributed by atoms with Crippen molar-refractivity contribution in [3.05, 3.63) is 40.9 Å². The summed E-state index contributed by atoms with van der Waals surface area (Å²) in [7, 11) is 0. The summed E-state index contributed by atoms with van der Waals surface area (Å²) < 4.78 is 43.4. The SMILES string of the molecule is FC(F)(F)c1nnc(NC(CN2CCOCC2)c2ccccc2)s1. The van der Waals surface area contributed by atoms with Crippen molar-refractivity contribution in [3.8, 4) is 0 Å². The second-order valence-electron chi connectivity index (χ2n) is 5.43.